The molecule has 0 unspecified atom stereocenters. The van der Waals surface area contributed by atoms with Gasteiger partial charge in [0.2, 0.25) is 0 Å². The summed E-state index contributed by atoms with van der Waals surface area (Å²) in [7, 11) is 2.82. The molecule has 0 aromatic heterocycles. The molecule has 2 heterocycles. The number of ketones is 1. The molecule has 1 amide bonds. The van der Waals surface area contributed by atoms with E-state index in [2.05, 4.69) is 0 Å². The van der Waals surface area contributed by atoms with Crippen LogP contribution in [0, 0.1) is 0 Å². The van der Waals surface area contributed by atoms with E-state index < -0.39 is 23.7 Å². The second kappa shape index (κ2) is 9.46. The molecule has 2 saturated heterocycles. The van der Waals surface area contributed by atoms with E-state index in [4.69, 9.17) is 14.2 Å². The molecule has 33 heavy (non-hydrogen) atoms. The maximum absolute atomic E-state index is 13.1. The average molecular weight is 451 g/mol. The summed E-state index contributed by atoms with van der Waals surface area (Å²) in [5.74, 6) is -1.62. The van der Waals surface area contributed by atoms with Crippen LogP contribution in [0.4, 0.5) is 0 Å². The average Bonchev–Trinajstić information content (AvgIpc) is 3.45. The van der Waals surface area contributed by atoms with E-state index in [1.165, 1.54) is 19.1 Å². The summed E-state index contributed by atoms with van der Waals surface area (Å²) in [6.45, 7) is 0.840. The lowest BCUT2D eigenvalue weighted by molar-refractivity contribution is -0.140. The second-order valence-electron chi connectivity index (χ2n) is 7.93. The first-order valence-electron chi connectivity index (χ1n) is 10.7. The molecule has 0 saturated carbocycles. The first-order chi connectivity index (χ1) is 15.9. The predicted molar refractivity (Wildman–Crippen MR) is 119 cm³/mol. The molecule has 0 spiro atoms. The molecular weight excluding hydrogens is 426 g/mol. The maximum Gasteiger partial charge on any atom is 0.337 e. The number of methoxy groups -OCH3 is 2. The van der Waals surface area contributed by atoms with E-state index in [9.17, 15) is 19.5 Å². The highest BCUT2D eigenvalue weighted by Crippen LogP contribution is 2.40. The van der Waals surface area contributed by atoms with Gasteiger partial charge in [0, 0.05) is 18.7 Å². The largest absolute Gasteiger partial charge is 0.507 e. The van der Waals surface area contributed by atoms with Crippen LogP contribution in [0.25, 0.3) is 5.76 Å². The van der Waals surface area contributed by atoms with Crippen molar-refractivity contribution in [3.8, 4) is 5.75 Å². The summed E-state index contributed by atoms with van der Waals surface area (Å²) in [6.07, 6.45) is 1.50. The van der Waals surface area contributed by atoms with E-state index in [-0.39, 0.29) is 24.0 Å². The lowest BCUT2D eigenvalue weighted by Crippen LogP contribution is -2.36. The minimum absolute atomic E-state index is 0.00557. The first kappa shape index (κ1) is 22.5. The number of aliphatic hydroxyl groups is 1. The molecule has 2 aromatic carbocycles. The fourth-order valence-electron chi connectivity index (χ4n) is 4.25. The second-order valence-corrected chi connectivity index (χ2v) is 7.93. The van der Waals surface area contributed by atoms with Crippen molar-refractivity contribution in [2.45, 2.75) is 25.0 Å². The summed E-state index contributed by atoms with van der Waals surface area (Å²) in [6, 6.07) is 12.2. The number of likely N-dealkylation sites (tertiary alicyclic amines) is 1. The third-order valence-corrected chi connectivity index (χ3v) is 5.98. The Balaban J connectivity index is 1.79. The van der Waals surface area contributed by atoms with E-state index in [0.29, 0.717) is 29.0 Å². The minimum Gasteiger partial charge on any atom is -0.507 e. The van der Waals surface area contributed by atoms with Gasteiger partial charge in [0.1, 0.15) is 11.5 Å². The van der Waals surface area contributed by atoms with Gasteiger partial charge in [-0.2, -0.15) is 0 Å². The summed E-state index contributed by atoms with van der Waals surface area (Å²) in [4.78, 5) is 39.4. The Morgan fingerprint density at radius 2 is 1.73 bits per heavy atom. The number of aliphatic hydroxyl groups excluding tert-OH is 1. The van der Waals surface area contributed by atoms with Crippen molar-refractivity contribution in [1.82, 2.24) is 4.90 Å². The number of esters is 1. The van der Waals surface area contributed by atoms with Gasteiger partial charge in [-0.3, -0.25) is 9.59 Å². The molecule has 0 radical (unpaired) electrons. The van der Waals surface area contributed by atoms with E-state index in [1.807, 2.05) is 0 Å². The number of ether oxygens (including phenoxy) is 3. The van der Waals surface area contributed by atoms with Gasteiger partial charge in [-0.1, -0.05) is 12.1 Å². The molecule has 2 aliphatic rings. The third kappa shape index (κ3) is 4.34. The van der Waals surface area contributed by atoms with Crippen molar-refractivity contribution in [3.05, 3.63) is 70.8 Å². The molecule has 1 N–H and O–H groups in total. The zero-order chi connectivity index (χ0) is 23.5. The van der Waals surface area contributed by atoms with Crippen LogP contribution in [0.5, 0.6) is 5.75 Å². The Bertz CT molecular complexity index is 1080. The van der Waals surface area contributed by atoms with Crippen LogP contribution in [0.2, 0.25) is 0 Å². The van der Waals surface area contributed by atoms with Crippen molar-refractivity contribution < 1.29 is 33.7 Å². The molecule has 2 aliphatic heterocycles. The topological polar surface area (TPSA) is 102 Å². The van der Waals surface area contributed by atoms with Crippen molar-refractivity contribution in [2.24, 2.45) is 0 Å². The zero-order valence-electron chi connectivity index (χ0n) is 18.4. The Kier molecular flexibility index (Phi) is 6.46. The normalized spacial score (nSPS) is 21.9. The number of carbonyl (C=O) groups is 3. The number of hydrogen-bond acceptors (Lipinski definition) is 7. The summed E-state index contributed by atoms with van der Waals surface area (Å²) >= 11 is 0. The van der Waals surface area contributed by atoms with E-state index in [1.54, 1.807) is 48.5 Å². The molecule has 2 fully saturated rings. The van der Waals surface area contributed by atoms with Gasteiger partial charge in [-0.05, 0) is 54.8 Å². The maximum atomic E-state index is 13.1. The quantitative estimate of drug-likeness (QED) is 0.312. The van der Waals surface area contributed by atoms with Gasteiger partial charge in [0.05, 0.1) is 37.5 Å². The number of benzene rings is 2. The summed E-state index contributed by atoms with van der Waals surface area (Å²) in [5, 5.41) is 11.1. The Morgan fingerprint density at radius 1 is 1.06 bits per heavy atom. The Hall–Kier alpha value is -3.65. The Labute approximate surface area is 191 Å². The van der Waals surface area contributed by atoms with Crippen LogP contribution in [0.15, 0.2) is 54.1 Å². The first-order valence-corrected chi connectivity index (χ1v) is 10.7. The SMILES string of the molecule is COC(=O)c1ccc([C@@H]2/C(=C(\O)c3ccc(OC)cc3)C(=O)C(=O)N2C[C@H]2CCCO2)cc1. The fraction of sp³-hybridized carbons (Fsp3) is 0.320. The van der Waals surface area contributed by atoms with Crippen LogP contribution >= 0.6 is 0 Å². The summed E-state index contributed by atoms with van der Waals surface area (Å²) < 4.78 is 15.6. The van der Waals surface area contributed by atoms with Gasteiger partial charge in [-0.15, -0.1) is 0 Å². The molecule has 0 aliphatic carbocycles. The lowest BCUT2D eigenvalue weighted by atomic mass is 9.94. The van der Waals surface area contributed by atoms with Gasteiger partial charge < -0.3 is 24.2 Å². The van der Waals surface area contributed by atoms with Gasteiger partial charge in [0.15, 0.2) is 0 Å². The van der Waals surface area contributed by atoms with Crippen LogP contribution < -0.4 is 4.74 Å². The number of Topliss-reactive ketones (excluding diaryl/α,β-unsaturated/α-hetero) is 1. The van der Waals surface area contributed by atoms with Crippen molar-refractivity contribution in [2.75, 3.05) is 27.4 Å². The zero-order valence-corrected chi connectivity index (χ0v) is 18.4. The number of rotatable bonds is 6. The van der Waals surface area contributed by atoms with Gasteiger partial charge >= 0.3 is 5.97 Å². The van der Waals surface area contributed by atoms with Crippen molar-refractivity contribution in [1.29, 1.82) is 0 Å². The van der Waals surface area contributed by atoms with Crippen molar-refractivity contribution in [3.63, 3.8) is 0 Å². The highest BCUT2D eigenvalue weighted by molar-refractivity contribution is 6.46. The molecule has 4 rings (SSSR count). The summed E-state index contributed by atoms with van der Waals surface area (Å²) in [5.41, 5.74) is 1.32. The number of carbonyl (C=O) groups excluding carboxylic acids is 3. The molecular formula is C25H25NO7. The highest BCUT2D eigenvalue weighted by Gasteiger charge is 2.47. The fourth-order valence-corrected chi connectivity index (χ4v) is 4.25. The number of nitrogens with zero attached hydrogens (tertiary/aromatic N) is 1. The molecule has 8 nitrogen and oxygen atoms in total. The smallest absolute Gasteiger partial charge is 0.337 e. The number of hydrogen-bond donors (Lipinski definition) is 1. The van der Waals surface area contributed by atoms with Crippen LogP contribution in [-0.2, 0) is 19.1 Å². The monoisotopic (exact) mass is 451 g/mol. The molecule has 172 valence electrons. The van der Waals surface area contributed by atoms with Crippen molar-refractivity contribution >= 4 is 23.4 Å². The standard InChI is InChI=1S/C25H25NO7/c1-31-18-11-9-16(10-12-18)22(27)20-21(15-5-7-17(8-6-15)25(30)32-2)26(24(29)23(20)28)14-19-4-3-13-33-19/h5-12,19,21,27H,3-4,13-14H2,1-2H3/b22-20+/t19-,21-/m1/s1. The number of amides is 1. The lowest BCUT2D eigenvalue weighted by Gasteiger charge is -2.27. The molecule has 0 bridgehead atoms. The van der Waals surface area contributed by atoms with E-state index >= 15 is 0 Å². The van der Waals surface area contributed by atoms with Gasteiger partial charge in [0.25, 0.3) is 11.7 Å². The molecule has 8 heteroatoms. The highest BCUT2D eigenvalue weighted by atomic mass is 16.5. The van der Waals surface area contributed by atoms with Crippen LogP contribution in [0.3, 0.4) is 0 Å². The van der Waals surface area contributed by atoms with Crippen LogP contribution in [0.1, 0.15) is 40.4 Å². The minimum atomic E-state index is -0.817. The third-order valence-electron chi connectivity index (χ3n) is 5.98. The van der Waals surface area contributed by atoms with Gasteiger partial charge in [-0.25, -0.2) is 4.79 Å². The molecule has 2 atom stereocenters. The molecule has 2 aromatic rings. The Morgan fingerprint density at radius 3 is 2.30 bits per heavy atom. The predicted octanol–water partition coefficient (Wildman–Crippen LogP) is 3.08. The van der Waals surface area contributed by atoms with Crippen LogP contribution in [-0.4, -0.2) is 61.1 Å². The van der Waals surface area contributed by atoms with E-state index in [0.717, 1.165) is 12.8 Å².